The lowest BCUT2D eigenvalue weighted by Gasteiger charge is -2.37. The highest BCUT2D eigenvalue weighted by Crippen LogP contribution is 2.39. The molecule has 0 aliphatic rings. The van der Waals surface area contributed by atoms with Crippen LogP contribution in [0, 0.1) is 12.7 Å². The number of halogens is 9. The lowest BCUT2D eigenvalue weighted by Crippen LogP contribution is -2.49. The summed E-state index contributed by atoms with van der Waals surface area (Å²) in [5, 5.41) is 2.66. The summed E-state index contributed by atoms with van der Waals surface area (Å²) in [6, 6.07) is 16.4. The molecule has 4 aromatic rings. The molecule has 0 bridgehead atoms. The van der Waals surface area contributed by atoms with Gasteiger partial charge in [0.05, 0.1) is 11.1 Å². The summed E-state index contributed by atoms with van der Waals surface area (Å²) in [6.07, 6.45) is -14.2. The van der Waals surface area contributed by atoms with Gasteiger partial charge in [-0.1, -0.05) is 54.1 Å². The molecule has 0 aliphatic heterocycles. The smallest absolute Gasteiger partial charge is 0.428 e. The number of nitrogens with one attached hydrogen (secondary N) is 1. The Morgan fingerprint density at radius 2 is 1.51 bits per heavy atom. The molecule has 1 N–H and O–H groups in total. The third-order valence-corrected chi connectivity index (χ3v) is 6.59. The first-order valence-corrected chi connectivity index (χ1v) is 12.8. The Kier molecular flexibility index (Phi) is 9.00. The standard InChI is InChI=1S/C30H21ClF8N2O2/c1-17-11-19(12-25(31)40-17)26(42)41-28(16-18-5-3-2-4-6-18,20-7-9-21(10-8-20)29(35,36)37)22-13-23(32)15-24(14-22)43-30(38,39)27(33)34/h2-15,27H,16H2,1H3,(H,41,42). The molecule has 0 aliphatic carbocycles. The summed E-state index contributed by atoms with van der Waals surface area (Å²) in [4.78, 5) is 17.7. The minimum absolute atomic E-state index is 0.0215. The molecule has 0 spiro atoms. The molecule has 0 radical (unpaired) electrons. The molecule has 0 saturated carbocycles. The fourth-order valence-electron chi connectivity index (χ4n) is 4.50. The largest absolute Gasteiger partial charge is 0.461 e. The first-order valence-electron chi connectivity index (χ1n) is 12.4. The summed E-state index contributed by atoms with van der Waals surface area (Å²) in [5.41, 5.74) is -2.51. The summed E-state index contributed by atoms with van der Waals surface area (Å²) >= 11 is 6.02. The number of hydrogen-bond donors (Lipinski definition) is 1. The number of aromatic nitrogens is 1. The molecule has 1 amide bonds. The van der Waals surface area contributed by atoms with Crippen molar-refractivity contribution in [3.63, 3.8) is 0 Å². The van der Waals surface area contributed by atoms with Gasteiger partial charge < -0.3 is 10.1 Å². The quantitative estimate of drug-likeness (QED) is 0.150. The van der Waals surface area contributed by atoms with Crippen molar-refractivity contribution in [1.82, 2.24) is 10.3 Å². The minimum atomic E-state index is -5.00. The maximum atomic E-state index is 15.0. The number of hydrogen-bond acceptors (Lipinski definition) is 3. The van der Waals surface area contributed by atoms with Gasteiger partial charge in [0.25, 0.3) is 5.91 Å². The summed E-state index contributed by atoms with van der Waals surface area (Å²) in [7, 11) is 0. The molecule has 1 aromatic heterocycles. The normalized spacial score (nSPS) is 13.5. The molecule has 3 aromatic carbocycles. The van der Waals surface area contributed by atoms with Crippen molar-refractivity contribution in [1.29, 1.82) is 0 Å². The van der Waals surface area contributed by atoms with Crippen LogP contribution < -0.4 is 10.1 Å². The fraction of sp³-hybridized carbons (Fsp3) is 0.200. The molecule has 43 heavy (non-hydrogen) atoms. The second-order valence-corrected chi connectivity index (χ2v) is 9.94. The fourth-order valence-corrected chi connectivity index (χ4v) is 4.75. The highest BCUT2D eigenvalue weighted by atomic mass is 35.5. The van der Waals surface area contributed by atoms with Crippen LogP contribution in [0.5, 0.6) is 5.75 Å². The van der Waals surface area contributed by atoms with Crippen LogP contribution >= 0.6 is 11.6 Å². The summed E-state index contributed by atoms with van der Waals surface area (Å²) < 4.78 is 113. The van der Waals surface area contributed by atoms with Gasteiger partial charge in [0, 0.05) is 23.7 Å². The van der Waals surface area contributed by atoms with Gasteiger partial charge in [-0.05, 0) is 60.0 Å². The van der Waals surface area contributed by atoms with E-state index in [1.807, 2.05) is 0 Å². The SMILES string of the molecule is Cc1cc(C(=O)NC(Cc2ccccc2)(c2ccc(C(F)(F)F)cc2)c2cc(F)cc(OC(F)(F)C(F)F)c2)cc(Cl)n1. The Hall–Kier alpha value is -4.19. The lowest BCUT2D eigenvalue weighted by atomic mass is 9.77. The molecule has 1 heterocycles. The lowest BCUT2D eigenvalue weighted by molar-refractivity contribution is -0.253. The van der Waals surface area contributed by atoms with Gasteiger partial charge in [-0.3, -0.25) is 4.79 Å². The van der Waals surface area contributed by atoms with Gasteiger partial charge >= 0.3 is 18.7 Å². The molecule has 4 rings (SSSR count). The van der Waals surface area contributed by atoms with E-state index >= 15 is 0 Å². The van der Waals surface area contributed by atoms with Crippen LogP contribution in [0.15, 0.2) is 84.9 Å². The number of nitrogens with zero attached hydrogens (tertiary/aromatic N) is 1. The van der Waals surface area contributed by atoms with E-state index in [9.17, 15) is 39.9 Å². The molecule has 1 unspecified atom stereocenters. The van der Waals surface area contributed by atoms with Crippen LogP contribution in [0.1, 0.15) is 38.3 Å². The molecule has 4 nitrogen and oxygen atoms in total. The average Bonchev–Trinajstić information content (AvgIpc) is 2.91. The van der Waals surface area contributed by atoms with E-state index in [1.165, 1.54) is 12.1 Å². The third kappa shape index (κ3) is 7.42. The number of carbonyl (C=O) groups excluding carboxylic acids is 1. The van der Waals surface area contributed by atoms with Crippen molar-refractivity contribution in [3.05, 3.63) is 129 Å². The van der Waals surface area contributed by atoms with E-state index in [-0.39, 0.29) is 28.3 Å². The highest BCUT2D eigenvalue weighted by molar-refractivity contribution is 6.29. The van der Waals surface area contributed by atoms with E-state index in [0.29, 0.717) is 17.3 Å². The van der Waals surface area contributed by atoms with E-state index in [2.05, 4.69) is 15.0 Å². The molecule has 0 saturated heterocycles. The van der Waals surface area contributed by atoms with Crippen molar-refractivity contribution in [2.45, 2.75) is 37.6 Å². The number of carbonyl (C=O) groups is 1. The number of ether oxygens (including phenoxy) is 1. The number of rotatable bonds is 9. The molecular weight excluding hydrogens is 608 g/mol. The van der Waals surface area contributed by atoms with Crippen LogP contribution in [0.4, 0.5) is 35.1 Å². The summed E-state index contributed by atoms with van der Waals surface area (Å²) in [5.74, 6) is -3.06. The predicted octanol–water partition coefficient (Wildman–Crippen LogP) is 8.35. The van der Waals surface area contributed by atoms with E-state index in [1.54, 1.807) is 37.3 Å². The maximum absolute atomic E-state index is 15.0. The monoisotopic (exact) mass is 628 g/mol. The van der Waals surface area contributed by atoms with Crippen molar-refractivity contribution >= 4 is 17.5 Å². The number of alkyl halides is 7. The number of amides is 1. The topological polar surface area (TPSA) is 51.2 Å². The van der Waals surface area contributed by atoms with Crippen LogP contribution in [0.3, 0.4) is 0 Å². The van der Waals surface area contributed by atoms with Crippen molar-refractivity contribution in [3.8, 4) is 5.75 Å². The van der Waals surface area contributed by atoms with Gasteiger partial charge in [-0.15, -0.1) is 0 Å². The number of benzene rings is 3. The first-order chi connectivity index (χ1) is 20.1. The van der Waals surface area contributed by atoms with Crippen molar-refractivity contribution < 1.29 is 44.7 Å². The molecule has 0 fully saturated rings. The summed E-state index contributed by atoms with van der Waals surface area (Å²) in [6.45, 7) is 1.55. The Morgan fingerprint density at radius 3 is 2.09 bits per heavy atom. The van der Waals surface area contributed by atoms with Gasteiger partial charge in [0.1, 0.15) is 16.7 Å². The maximum Gasteiger partial charge on any atom is 0.461 e. The Morgan fingerprint density at radius 1 is 0.884 bits per heavy atom. The molecule has 1 atom stereocenters. The van der Waals surface area contributed by atoms with Crippen molar-refractivity contribution in [2.75, 3.05) is 0 Å². The minimum Gasteiger partial charge on any atom is -0.428 e. The van der Waals surface area contributed by atoms with Crippen LogP contribution in [-0.4, -0.2) is 23.4 Å². The van der Waals surface area contributed by atoms with E-state index in [4.69, 9.17) is 11.6 Å². The van der Waals surface area contributed by atoms with Gasteiger partial charge in [0.15, 0.2) is 0 Å². The zero-order valence-corrected chi connectivity index (χ0v) is 22.8. The first kappa shape index (κ1) is 31.7. The Bertz CT molecular complexity index is 1580. The number of pyridine rings is 1. The highest BCUT2D eigenvalue weighted by Gasteiger charge is 2.45. The Labute approximate surface area is 245 Å². The Balaban J connectivity index is 1.98. The van der Waals surface area contributed by atoms with Crippen molar-refractivity contribution in [2.24, 2.45) is 0 Å². The number of aryl methyl sites for hydroxylation is 1. The van der Waals surface area contributed by atoms with Crippen LogP contribution in [0.25, 0.3) is 0 Å². The average molecular weight is 629 g/mol. The second kappa shape index (κ2) is 12.2. The molecule has 13 heteroatoms. The van der Waals surface area contributed by atoms with Crippen LogP contribution in [-0.2, 0) is 18.1 Å². The van der Waals surface area contributed by atoms with Gasteiger partial charge in [-0.25, -0.2) is 9.37 Å². The third-order valence-electron chi connectivity index (χ3n) is 6.40. The van der Waals surface area contributed by atoms with E-state index < -0.39 is 47.3 Å². The predicted molar refractivity (Wildman–Crippen MR) is 142 cm³/mol. The van der Waals surface area contributed by atoms with E-state index in [0.717, 1.165) is 36.4 Å². The van der Waals surface area contributed by atoms with Gasteiger partial charge in [-0.2, -0.15) is 30.7 Å². The molecular formula is C30H21ClF8N2O2. The zero-order chi connectivity index (χ0) is 31.6. The second-order valence-electron chi connectivity index (χ2n) is 9.56. The van der Waals surface area contributed by atoms with Gasteiger partial charge in [0.2, 0.25) is 0 Å². The van der Waals surface area contributed by atoms with Crippen LogP contribution in [0.2, 0.25) is 5.15 Å². The zero-order valence-electron chi connectivity index (χ0n) is 22.0. The molecule has 226 valence electrons.